The zero-order valence-electron chi connectivity index (χ0n) is 15.7. The van der Waals surface area contributed by atoms with Crippen molar-refractivity contribution < 1.29 is 4.79 Å². The molecule has 4 rings (SSSR count). The predicted molar refractivity (Wildman–Crippen MR) is 103 cm³/mol. The molecule has 1 aromatic carbocycles. The third-order valence-corrected chi connectivity index (χ3v) is 5.14. The first kappa shape index (κ1) is 17.6. The zero-order valence-corrected chi connectivity index (χ0v) is 15.7. The Balaban J connectivity index is 1.57. The molecule has 0 saturated carbocycles. The highest BCUT2D eigenvalue weighted by atomic mass is 16.1. The largest absolute Gasteiger partial charge is 0.348 e. The Kier molecular flexibility index (Phi) is 4.87. The van der Waals surface area contributed by atoms with Crippen molar-refractivity contribution in [2.75, 3.05) is 33.7 Å². The molecule has 1 unspecified atom stereocenters. The lowest BCUT2D eigenvalue weighted by Gasteiger charge is -2.36. The summed E-state index contributed by atoms with van der Waals surface area (Å²) < 4.78 is 1.94. The van der Waals surface area contributed by atoms with Crippen LogP contribution >= 0.6 is 0 Å². The van der Waals surface area contributed by atoms with Gasteiger partial charge in [0.05, 0.1) is 11.6 Å². The number of pyridine rings is 1. The Morgan fingerprint density at radius 1 is 1.11 bits per heavy atom. The van der Waals surface area contributed by atoms with Gasteiger partial charge >= 0.3 is 0 Å². The van der Waals surface area contributed by atoms with Gasteiger partial charge in [0.15, 0.2) is 11.5 Å². The Hall–Kier alpha value is -2.77. The maximum Gasteiger partial charge on any atom is 0.253 e. The summed E-state index contributed by atoms with van der Waals surface area (Å²) in [6, 6.07) is 13.7. The van der Waals surface area contributed by atoms with Gasteiger partial charge in [-0.2, -0.15) is 0 Å². The van der Waals surface area contributed by atoms with E-state index in [4.69, 9.17) is 0 Å². The number of nitrogens with one attached hydrogen (secondary N) is 1. The van der Waals surface area contributed by atoms with Crippen molar-refractivity contribution in [2.45, 2.75) is 12.6 Å². The maximum atomic E-state index is 12.6. The van der Waals surface area contributed by atoms with Crippen LogP contribution in [0.1, 0.15) is 27.8 Å². The molecule has 1 aliphatic heterocycles. The van der Waals surface area contributed by atoms with Crippen molar-refractivity contribution in [3.63, 3.8) is 0 Å². The Morgan fingerprint density at radius 2 is 1.93 bits per heavy atom. The number of piperazine rings is 1. The van der Waals surface area contributed by atoms with E-state index in [0.717, 1.165) is 36.7 Å². The third kappa shape index (κ3) is 3.70. The van der Waals surface area contributed by atoms with Crippen LogP contribution in [-0.2, 0) is 6.54 Å². The quantitative estimate of drug-likeness (QED) is 0.761. The number of nitrogens with zero attached hydrogens (tertiary/aromatic N) is 5. The van der Waals surface area contributed by atoms with Crippen LogP contribution in [0.3, 0.4) is 0 Å². The van der Waals surface area contributed by atoms with E-state index in [1.807, 2.05) is 47.0 Å². The van der Waals surface area contributed by atoms with Crippen LogP contribution in [0.4, 0.5) is 0 Å². The number of carbonyl (C=O) groups excluding carboxylic acids is 1. The van der Waals surface area contributed by atoms with Gasteiger partial charge in [-0.05, 0) is 31.8 Å². The van der Waals surface area contributed by atoms with Gasteiger partial charge in [0.25, 0.3) is 5.91 Å². The normalized spacial score (nSPS) is 18.7. The molecule has 1 saturated heterocycles. The number of benzene rings is 1. The van der Waals surface area contributed by atoms with Gasteiger partial charge in [0.2, 0.25) is 0 Å². The first-order chi connectivity index (χ1) is 13.1. The van der Waals surface area contributed by atoms with Crippen LogP contribution in [0.25, 0.3) is 5.65 Å². The monoisotopic (exact) mass is 364 g/mol. The molecule has 7 nitrogen and oxygen atoms in total. The molecule has 2 aromatic heterocycles. The van der Waals surface area contributed by atoms with E-state index >= 15 is 0 Å². The Labute approximate surface area is 158 Å². The second-order valence-corrected chi connectivity index (χ2v) is 7.13. The van der Waals surface area contributed by atoms with Crippen molar-refractivity contribution in [3.05, 3.63) is 65.6 Å². The number of rotatable bonds is 4. The highest BCUT2D eigenvalue weighted by Gasteiger charge is 2.28. The van der Waals surface area contributed by atoms with E-state index in [1.54, 1.807) is 6.07 Å². The first-order valence-corrected chi connectivity index (χ1v) is 9.17. The van der Waals surface area contributed by atoms with Crippen LogP contribution in [0.15, 0.2) is 48.7 Å². The van der Waals surface area contributed by atoms with Gasteiger partial charge in [-0.3, -0.25) is 14.1 Å². The molecule has 3 heterocycles. The zero-order chi connectivity index (χ0) is 18.8. The van der Waals surface area contributed by atoms with Gasteiger partial charge in [-0.1, -0.05) is 30.3 Å². The fourth-order valence-electron chi connectivity index (χ4n) is 3.44. The van der Waals surface area contributed by atoms with Gasteiger partial charge in [0, 0.05) is 32.4 Å². The molecule has 0 spiro atoms. The molecule has 0 radical (unpaired) electrons. The minimum atomic E-state index is -0.102. The van der Waals surface area contributed by atoms with Crippen molar-refractivity contribution in [2.24, 2.45) is 0 Å². The van der Waals surface area contributed by atoms with Crippen molar-refractivity contribution in [1.82, 2.24) is 29.7 Å². The Morgan fingerprint density at radius 3 is 2.74 bits per heavy atom. The SMILES string of the molecule is CN1CCN(C)C(c2nnc3ccc(C(=O)NCc4ccccc4)cn23)C1. The smallest absolute Gasteiger partial charge is 0.253 e. The Bertz CT molecular complexity index is 938. The number of fused-ring (bicyclic) bond motifs is 1. The fourth-order valence-corrected chi connectivity index (χ4v) is 3.44. The third-order valence-electron chi connectivity index (χ3n) is 5.14. The molecule has 27 heavy (non-hydrogen) atoms. The highest BCUT2D eigenvalue weighted by molar-refractivity contribution is 5.94. The number of hydrogen-bond donors (Lipinski definition) is 1. The van der Waals surface area contributed by atoms with E-state index in [-0.39, 0.29) is 11.9 Å². The molecule has 0 bridgehead atoms. The van der Waals surface area contributed by atoms with E-state index in [2.05, 4.69) is 39.4 Å². The second kappa shape index (κ2) is 7.46. The van der Waals surface area contributed by atoms with E-state index < -0.39 is 0 Å². The number of hydrogen-bond acceptors (Lipinski definition) is 5. The van der Waals surface area contributed by atoms with Crippen molar-refractivity contribution >= 4 is 11.6 Å². The number of amides is 1. The summed E-state index contributed by atoms with van der Waals surface area (Å²) in [5, 5.41) is 11.7. The summed E-state index contributed by atoms with van der Waals surface area (Å²) in [5.41, 5.74) is 2.43. The summed E-state index contributed by atoms with van der Waals surface area (Å²) >= 11 is 0. The van der Waals surface area contributed by atoms with Crippen molar-refractivity contribution in [1.29, 1.82) is 0 Å². The predicted octanol–water partition coefficient (Wildman–Crippen LogP) is 1.58. The molecular formula is C20H24N6O. The molecule has 7 heteroatoms. The van der Waals surface area contributed by atoms with Crippen LogP contribution in [0, 0.1) is 0 Å². The summed E-state index contributed by atoms with van der Waals surface area (Å²) in [7, 11) is 4.22. The van der Waals surface area contributed by atoms with E-state index in [9.17, 15) is 4.79 Å². The molecule has 1 aliphatic rings. The molecule has 1 amide bonds. The summed E-state index contributed by atoms with van der Waals surface area (Å²) in [6.45, 7) is 3.41. The molecule has 1 fully saturated rings. The van der Waals surface area contributed by atoms with E-state index in [1.165, 1.54) is 0 Å². The van der Waals surface area contributed by atoms with Gasteiger partial charge < -0.3 is 10.2 Å². The first-order valence-electron chi connectivity index (χ1n) is 9.17. The average Bonchev–Trinajstić information content (AvgIpc) is 3.12. The topological polar surface area (TPSA) is 65.8 Å². The van der Waals surface area contributed by atoms with Gasteiger partial charge in [0.1, 0.15) is 0 Å². The van der Waals surface area contributed by atoms with Gasteiger partial charge in [-0.25, -0.2) is 0 Å². The molecule has 140 valence electrons. The van der Waals surface area contributed by atoms with Crippen LogP contribution in [0.2, 0.25) is 0 Å². The average molecular weight is 364 g/mol. The lowest BCUT2D eigenvalue weighted by Crippen LogP contribution is -2.45. The fraction of sp³-hybridized carbons (Fsp3) is 0.350. The van der Waals surface area contributed by atoms with Crippen LogP contribution in [-0.4, -0.2) is 64.0 Å². The van der Waals surface area contributed by atoms with Crippen molar-refractivity contribution in [3.8, 4) is 0 Å². The number of likely N-dealkylation sites (N-methyl/N-ethyl adjacent to an activating group) is 2. The molecule has 0 aliphatic carbocycles. The lowest BCUT2D eigenvalue weighted by atomic mass is 10.1. The molecule has 3 aromatic rings. The number of aromatic nitrogens is 3. The summed E-state index contributed by atoms with van der Waals surface area (Å²) in [5.74, 6) is 0.770. The molecular weight excluding hydrogens is 340 g/mol. The second-order valence-electron chi connectivity index (χ2n) is 7.13. The minimum Gasteiger partial charge on any atom is -0.348 e. The molecule has 1 atom stereocenters. The molecule has 1 N–H and O–H groups in total. The summed E-state index contributed by atoms with van der Waals surface area (Å²) in [4.78, 5) is 17.2. The minimum absolute atomic E-state index is 0.102. The standard InChI is InChI=1S/C20H24N6O/c1-24-10-11-25(2)17(14-24)19-23-22-18-9-8-16(13-26(18)19)20(27)21-12-15-6-4-3-5-7-15/h3-9,13,17H,10-12,14H2,1-2H3,(H,21,27). The van der Waals surface area contributed by atoms with Crippen LogP contribution in [0.5, 0.6) is 0 Å². The van der Waals surface area contributed by atoms with Crippen LogP contribution < -0.4 is 5.32 Å². The maximum absolute atomic E-state index is 12.6. The van der Waals surface area contributed by atoms with Gasteiger partial charge in [-0.15, -0.1) is 10.2 Å². The lowest BCUT2D eigenvalue weighted by molar-refractivity contribution is 0.0950. The van der Waals surface area contributed by atoms with E-state index in [0.29, 0.717) is 12.1 Å². The summed E-state index contributed by atoms with van der Waals surface area (Å²) in [6.07, 6.45) is 1.84. The number of carbonyl (C=O) groups is 1. The highest BCUT2D eigenvalue weighted by Crippen LogP contribution is 2.22.